The summed E-state index contributed by atoms with van der Waals surface area (Å²) >= 11 is 0. The first kappa shape index (κ1) is 16.4. The molecule has 17 heavy (non-hydrogen) atoms. The van der Waals surface area contributed by atoms with Gasteiger partial charge < -0.3 is 0 Å². The Morgan fingerprint density at radius 2 is 1.82 bits per heavy atom. The van der Waals surface area contributed by atoms with Gasteiger partial charge in [-0.1, -0.05) is 40.5 Å². The minimum Gasteiger partial charge on any atom is -0.298 e. The summed E-state index contributed by atoms with van der Waals surface area (Å²) < 4.78 is 0. The number of carbonyl (C=O) groups is 1. The molecule has 0 N–H and O–H groups in total. The minimum atomic E-state index is -0.235. The summed E-state index contributed by atoms with van der Waals surface area (Å²) in [7, 11) is 0. The Morgan fingerprint density at radius 3 is 2.35 bits per heavy atom. The van der Waals surface area contributed by atoms with E-state index in [0.29, 0.717) is 12.3 Å². The summed E-state index contributed by atoms with van der Waals surface area (Å²) in [5, 5.41) is 0. The third kappa shape index (κ3) is 10.3. The quantitative estimate of drug-likeness (QED) is 0.327. The van der Waals surface area contributed by atoms with Crippen LogP contribution < -0.4 is 0 Å². The third-order valence-electron chi connectivity index (χ3n) is 2.78. The second-order valence-electron chi connectivity index (χ2n) is 5.01. The van der Waals surface area contributed by atoms with Crippen molar-refractivity contribution in [2.75, 3.05) is 0 Å². The van der Waals surface area contributed by atoms with Crippen molar-refractivity contribution in [3.05, 3.63) is 0 Å². The smallest absolute Gasteiger partial charge is 0.298 e. The van der Waals surface area contributed by atoms with E-state index < -0.39 is 0 Å². The molecule has 0 aromatic heterocycles. The highest BCUT2D eigenvalue weighted by Gasteiger charge is 2.12. The Labute approximate surface area is 106 Å². The van der Waals surface area contributed by atoms with Crippen LogP contribution >= 0.6 is 0 Å². The van der Waals surface area contributed by atoms with Gasteiger partial charge in [-0.15, -0.1) is 0 Å². The molecular formula is C14H28O3. The number of unbranched alkanes of at least 4 members (excludes halogenated alkanes) is 2. The zero-order chi connectivity index (χ0) is 13.1. The van der Waals surface area contributed by atoms with Crippen LogP contribution in [0.5, 0.6) is 0 Å². The van der Waals surface area contributed by atoms with Crippen molar-refractivity contribution < 1.29 is 14.6 Å². The lowest BCUT2D eigenvalue weighted by atomic mass is 10.0. The zero-order valence-electron chi connectivity index (χ0n) is 11.8. The van der Waals surface area contributed by atoms with Gasteiger partial charge in [0.15, 0.2) is 0 Å². The Balaban J connectivity index is 3.63. The van der Waals surface area contributed by atoms with Crippen molar-refractivity contribution in [2.24, 2.45) is 5.92 Å². The van der Waals surface area contributed by atoms with E-state index in [-0.39, 0.29) is 12.1 Å². The van der Waals surface area contributed by atoms with Crippen LogP contribution in [0.25, 0.3) is 0 Å². The predicted molar refractivity (Wildman–Crippen MR) is 69.5 cm³/mol. The first-order valence-electron chi connectivity index (χ1n) is 6.96. The molecule has 0 aliphatic rings. The normalized spacial score (nSPS) is 12.8. The molecule has 1 unspecified atom stereocenters. The van der Waals surface area contributed by atoms with Crippen molar-refractivity contribution >= 4 is 5.97 Å². The van der Waals surface area contributed by atoms with Crippen molar-refractivity contribution in [1.82, 2.24) is 0 Å². The van der Waals surface area contributed by atoms with Crippen molar-refractivity contribution in [1.29, 1.82) is 0 Å². The highest BCUT2D eigenvalue weighted by atomic mass is 17.2. The molecule has 0 radical (unpaired) electrons. The van der Waals surface area contributed by atoms with Crippen molar-refractivity contribution in [2.45, 2.75) is 78.7 Å². The van der Waals surface area contributed by atoms with Crippen molar-refractivity contribution in [3.8, 4) is 0 Å². The summed E-state index contributed by atoms with van der Waals surface area (Å²) in [6, 6.07) is 0. The van der Waals surface area contributed by atoms with Crippen LogP contribution in [0.3, 0.4) is 0 Å². The first-order chi connectivity index (χ1) is 8.10. The maximum absolute atomic E-state index is 11.3. The predicted octanol–water partition coefficient (Wildman–Crippen LogP) is 4.26. The summed E-state index contributed by atoms with van der Waals surface area (Å²) in [4.78, 5) is 21.3. The molecule has 0 bridgehead atoms. The van der Waals surface area contributed by atoms with E-state index in [1.165, 1.54) is 0 Å². The van der Waals surface area contributed by atoms with E-state index >= 15 is 0 Å². The lowest BCUT2D eigenvalue weighted by Crippen LogP contribution is -2.16. The van der Waals surface area contributed by atoms with Crippen LogP contribution in [0.1, 0.15) is 72.6 Å². The average Bonchev–Trinajstić information content (AvgIpc) is 2.29. The molecule has 0 rings (SSSR count). The average molecular weight is 244 g/mol. The molecule has 0 amide bonds. The summed E-state index contributed by atoms with van der Waals surface area (Å²) in [6.45, 7) is 8.53. The molecule has 1 atom stereocenters. The van der Waals surface area contributed by atoms with E-state index in [4.69, 9.17) is 9.78 Å². The lowest BCUT2D eigenvalue weighted by molar-refractivity contribution is -0.299. The van der Waals surface area contributed by atoms with E-state index in [0.717, 1.165) is 38.5 Å². The number of rotatable bonds is 10. The Hall–Kier alpha value is -0.570. The molecule has 0 saturated carbocycles. The van der Waals surface area contributed by atoms with Gasteiger partial charge in [0, 0.05) is 6.42 Å². The molecule has 3 nitrogen and oxygen atoms in total. The van der Waals surface area contributed by atoms with Gasteiger partial charge in [0.2, 0.25) is 0 Å². The van der Waals surface area contributed by atoms with Gasteiger partial charge >= 0.3 is 5.97 Å². The van der Waals surface area contributed by atoms with Crippen LogP contribution in [0.2, 0.25) is 0 Å². The molecule has 0 heterocycles. The van der Waals surface area contributed by atoms with Gasteiger partial charge in [0.25, 0.3) is 0 Å². The highest BCUT2D eigenvalue weighted by molar-refractivity contribution is 5.68. The molecule has 0 fully saturated rings. The van der Waals surface area contributed by atoms with E-state index in [1.54, 1.807) is 0 Å². The second-order valence-corrected chi connectivity index (χ2v) is 5.01. The molecule has 0 aliphatic heterocycles. The summed E-state index contributed by atoms with van der Waals surface area (Å²) in [6.07, 6.45) is 6.53. The van der Waals surface area contributed by atoms with Gasteiger partial charge in [-0.25, -0.2) is 4.79 Å². The van der Waals surface area contributed by atoms with Gasteiger partial charge in [0.1, 0.15) is 6.10 Å². The molecule has 0 aliphatic carbocycles. The summed E-state index contributed by atoms with van der Waals surface area (Å²) in [5.74, 6) is 0.425. The van der Waals surface area contributed by atoms with Gasteiger partial charge in [-0.05, 0) is 31.6 Å². The van der Waals surface area contributed by atoms with E-state index in [1.807, 2.05) is 0 Å². The van der Waals surface area contributed by atoms with Crippen LogP contribution in [-0.2, 0) is 14.6 Å². The molecule has 0 aromatic carbocycles. The van der Waals surface area contributed by atoms with Gasteiger partial charge in [-0.2, -0.15) is 4.89 Å². The van der Waals surface area contributed by atoms with Crippen LogP contribution in [0, 0.1) is 5.92 Å². The molecule has 0 saturated heterocycles. The van der Waals surface area contributed by atoms with Crippen LogP contribution in [-0.4, -0.2) is 12.1 Å². The van der Waals surface area contributed by atoms with Gasteiger partial charge in [0.05, 0.1) is 0 Å². The Morgan fingerprint density at radius 1 is 1.12 bits per heavy atom. The Kier molecular flexibility index (Phi) is 10.2. The van der Waals surface area contributed by atoms with E-state index in [2.05, 4.69) is 27.7 Å². The fourth-order valence-corrected chi connectivity index (χ4v) is 1.52. The molecule has 0 aromatic rings. The molecule has 0 spiro atoms. The maximum Gasteiger partial charge on any atom is 0.342 e. The minimum absolute atomic E-state index is 0.0486. The molecule has 3 heteroatoms. The highest BCUT2D eigenvalue weighted by Crippen LogP contribution is 2.13. The Bertz CT molecular complexity index is 190. The first-order valence-corrected chi connectivity index (χ1v) is 6.96. The number of hydrogen-bond acceptors (Lipinski definition) is 3. The topological polar surface area (TPSA) is 35.5 Å². The largest absolute Gasteiger partial charge is 0.342 e. The van der Waals surface area contributed by atoms with Crippen molar-refractivity contribution in [3.63, 3.8) is 0 Å². The van der Waals surface area contributed by atoms with Gasteiger partial charge in [-0.3, -0.25) is 4.89 Å². The summed E-state index contributed by atoms with van der Waals surface area (Å²) in [5.41, 5.74) is 0. The fourth-order valence-electron chi connectivity index (χ4n) is 1.52. The zero-order valence-corrected chi connectivity index (χ0v) is 11.8. The van der Waals surface area contributed by atoms with E-state index in [9.17, 15) is 4.79 Å². The van der Waals surface area contributed by atoms with Crippen LogP contribution in [0.15, 0.2) is 0 Å². The number of carbonyl (C=O) groups excluding carboxylic acids is 1. The third-order valence-corrected chi connectivity index (χ3v) is 2.78. The SMILES string of the molecule is CCCCCC(=O)OOC(CC)CCC(C)C. The molecular weight excluding hydrogens is 216 g/mol. The monoisotopic (exact) mass is 244 g/mol. The molecule has 102 valence electrons. The second kappa shape index (κ2) is 10.6. The lowest BCUT2D eigenvalue weighted by Gasteiger charge is -2.15. The number of hydrogen-bond donors (Lipinski definition) is 0. The van der Waals surface area contributed by atoms with Crippen LogP contribution in [0.4, 0.5) is 0 Å². The standard InChI is InChI=1S/C14H28O3/c1-5-7-8-9-14(15)17-16-13(6-2)11-10-12(3)4/h12-13H,5-11H2,1-4H3. The fraction of sp³-hybridized carbons (Fsp3) is 0.929. The maximum atomic E-state index is 11.3.